The molecular weight excluding hydrogens is 429 g/mol. The first-order valence-corrected chi connectivity index (χ1v) is 10.3. The first kappa shape index (κ1) is 22.4. The van der Waals surface area contributed by atoms with Crippen molar-refractivity contribution in [1.29, 1.82) is 0 Å². The number of alkyl halides is 3. The maximum absolute atomic E-state index is 13.8. The molecule has 0 radical (unpaired) electrons. The summed E-state index contributed by atoms with van der Waals surface area (Å²) in [5.74, 6) is -0.924. The van der Waals surface area contributed by atoms with Crippen LogP contribution in [-0.2, 0) is 11.8 Å². The van der Waals surface area contributed by atoms with Crippen LogP contribution >= 0.6 is 0 Å². The van der Waals surface area contributed by atoms with Crippen LogP contribution in [0.2, 0.25) is 0 Å². The molecule has 6 heteroatoms. The standard InChI is InChI=1S/C27H21F3O3/c1-26(2,22-14-8-10-18-9-6-7-13-21(18)22)33-24-17-19(15-16-23(24)27(28,29)30)25(31)32-20-11-4-3-5-12-20/h3-17H,1-2H3. The van der Waals surface area contributed by atoms with E-state index in [0.29, 0.717) is 5.75 Å². The Labute approximate surface area is 189 Å². The lowest BCUT2D eigenvalue weighted by Gasteiger charge is -2.30. The molecule has 33 heavy (non-hydrogen) atoms. The average molecular weight is 450 g/mol. The Morgan fingerprint density at radius 2 is 1.42 bits per heavy atom. The maximum atomic E-state index is 13.8. The molecule has 0 heterocycles. The molecule has 168 valence electrons. The third-order valence-corrected chi connectivity index (χ3v) is 5.28. The molecule has 0 unspecified atom stereocenters. The highest BCUT2D eigenvalue weighted by molar-refractivity contribution is 5.91. The van der Waals surface area contributed by atoms with Crippen LogP contribution in [0.15, 0.2) is 91.0 Å². The third kappa shape index (κ3) is 4.85. The van der Waals surface area contributed by atoms with Crippen LogP contribution in [0.1, 0.15) is 35.3 Å². The van der Waals surface area contributed by atoms with Crippen LogP contribution in [0.25, 0.3) is 10.8 Å². The number of para-hydroxylation sites is 1. The van der Waals surface area contributed by atoms with Gasteiger partial charge >= 0.3 is 12.1 Å². The van der Waals surface area contributed by atoms with E-state index in [9.17, 15) is 18.0 Å². The molecular formula is C27H21F3O3. The van der Waals surface area contributed by atoms with E-state index in [1.165, 1.54) is 0 Å². The summed E-state index contributed by atoms with van der Waals surface area (Å²) in [5, 5.41) is 1.82. The van der Waals surface area contributed by atoms with Crippen LogP contribution in [-0.4, -0.2) is 5.97 Å². The van der Waals surface area contributed by atoms with Gasteiger partial charge in [0.25, 0.3) is 0 Å². The number of carbonyl (C=O) groups is 1. The Hall–Kier alpha value is -3.80. The minimum absolute atomic E-state index is 0.0458. The number of rotatable bonds is 5. The SMILES string of the molecule is CC(C)(Oc1cc(C(=O)Oc2ccccc2)ccc1C(F)(F)F)c1cccc2ccccc12. The number of hydrogen-bond donors (Lipinski definition) is 0. The Balaban J connectivity index is 1.73. The first-order chi connectivity index (χ1) is 15.6. The fraction of sp³-hybridized carbons (Fsp3) is 0.148. The average Bonchev–Trinajstić information content (AvgIpc) is 2.78. The van der Waals surface area contributed by atoms with E-state index in [2.05, 4.69) is 0 Å². The second-order valence-corrected chi connectivity index (χ2v) is 8.05. The minimum atomic E-state index is -4.66. The number of carbonyl (C=O) groups excluding carboxylic acids is 1. The summed E-state index contributed by atoms with van der Waals surface area (Å²) in [5.41, 5.74) is -1.41. The lowest BCUT2D eigenvalue weighted by atomic mass is 9.92. The van der Waals surface area contributed by atoms with E-state index in [1.807, 2.05) is 42.5 Å². The first-order valence-electron chi connectivity index (χ1n) is 10.3. The van der Waals surface area contributed by atoms with Crippen molar-refractivity contribution in [2.45, 2.75) is 25.6 Å². The molecule has 0 N–H and O–H groups in total. The molecule has 0 atom stereocenters. The topological polar surface area (TPSA) is 35.5 Å². The molecule has 0 saturated carbocycles. The van der Waals surface area contributed by atoms with Crippen molar-refractivity contribution in [3.05, 3.63) is 108 Å². The van der Waals surface area contributed by atoms with Gasteiger partial charge in [-0.3, -0.25) is 0 Å². The normalized spacial score (nSPS) is 11.9. The summed E-state index contributed by atoms with van der Waals surface area (Å²) in [6, 6.07) is 24.5. The number of fused-ring (bicyclic) bond motifs is 1. The van der Waals surface area contributed by atoms with Gasteiger partial charge in [-0.15, -0.1) is 0 Å². The fourth-order valence-electron chi connectivity index (χ4n) is 3.70. The maximum Gasteiger partial charge on any atom is 0.419 e. The molecule has 0 aliphatic heterocycles. The minimum Gasteiger partial charge on any atom is -0.482 e. The predicted octanol–water partition coefficient (Wildman–Crippen LogP) is 7.39. The predicted molar refractivity (Wildman–Crippen MR) is 120 cm³/mol. The van der Waals surface area contributed by atoms with Crippen LogP contribution in [0.3, 0.4) is 0 Å². The number of halogens is 3. The van der Waals surface area contributed by atoms with Crippen LogP contribution in [0.5, 0.6) is 11.5 Å². The van der Waals surface area contributed by atoms with Crippen molar-refractivity contribution < 1.29 is 27.4 Å². The highest BCUT2D eigenvalue weighted by Gasteiger charge is 2.37. The van der Waals surface area contributed by atoms with Crippen molar-refractivity contribution in [2.24, 2.45) is 0 Å². The van der Waals surface area contributed by atoms with Crippen LogP contribution in [0.4, 0.5) is 13.2 Å². The van der Waals surface area contributed by atoms with E-state index in [0.717, 1.165) is 34.5 Å². The van der Waals surface area contributed by atoms with Crippen molar-refractivity contribution in [3.8, 4) is 11.5 Å². The molecule has 0 bridgehead atoms. The molecule has 0 aliphatic carbocycles. The van der Waals surface area contributed by atoms with Gasteiger partial charge in [0.05, 0.1) is 11.1 Å². The summed E-state index contributed by atoms with van der Waals surface area (Å²) < 4.78 is 52.5. The Bertz CT molecular complexity index is 1290. The summed E-state index contributed by atoms with van der Waals surface area (Å²) in [4.78, 5) is 12.6. The van der Waals surface area contributed by atoms with Gasteiger partial charge < -0.3 is 9.47 Å². The van der Waals surface area contributed by atoms with E-state index in [4.69, 9.17) is 9.47 Å². The quantitative estimate of drug-likeness (QED) is 0.235. The van der Waals surface area contributed by atoms with Gasteiger partial charge in [-0.25, -0.2) is 4.79 Å². The zero-order chi connectivity index (χ0) is 23.6. The van der Waals surface area contributed by atoms with Gasteiger partial charge in [-0.2, -0.15) is 13.2 Å². The zero-order valence-corrected chi connectivity index (χ0v) is 18.0. The molecule has 0 saturated heterocycles. The molecule has 0 amide bonds. The van der Waals surface area contributed by atoms with Gasteiger partial charge in [-0.1, -0.05) is 60.7 Å². The molecule has 0 fully saturated rings. The number of hydrogen-bond acceptors (Lipinski definition) is 3. The van der Waals surface area contributed by atoms with Crippen LogP contribution < -0.4 is 9.47 Å². The van der Waals surface area contributed by atoms with Gasteiger partial charge in [0.15, 0.2) is 0 Å². The summed E-state index contributed by atoms with van der Waals surface area (Å²) in [7, 11) is 0. The van der Waals surface area contributed by atoms with Gasteiger partial charge in [0.1, 0.15) is 17.1 Å². The molecule has 4 aromatic rings. The molecule has 4 aromatic carbocycles. The molecule has 0 spiro atoms. The van der Waals surface area contributed by atoms with Crippen molar-refractivity contribution >= 4 is 16.7 Å². The monoisotopic (exact) mass is 450 g/mol. The second kappa shape index (κ2) is 8.62. The van der Waals surface area contributed by atoms with Gasteiger partial charge in [-0.05, 0) is 55.0 Å². The van der Waals surface area contributed by atoms with Crippen molar-refractivity contribution in [1.82, 2.24) is 0 Å². The van der Waals surface area contributed by atoms with Crippen molar-refractivity contribution in [2.75, 3.05) is 0 Å². The molecule has 4 rings (SSSR count). The second-order valence-electron chi connectivity index (χ2n) is 8.05. The Morgan fingerprint density at radius 1 is 0.758 bits per heavy atom. The summed E-state index contributed by atoms with van der Waals surface area (Å²) in [6.07, 6.45) is -4.66. The number of ether oxygens (including phenoxy) is 2. The summed E-state index contributed by atoms with van der Waals surface area (Å²) in [6.45, 7) is 3.40. The van der Waals surface area contributed by atoms with E-state index >= 15 is 0 Å². The molecule has 3 nitrogen and oxygen atoms in total. The van der Waals surface area contributed by atoms with E-state index < -0.39 is 29.1 Å². The fourth-order valence-corrected chi connectivity index (χ4v) is 3.70. The Morgan fingerprint density at radius 3 is 2.15 bits per heavy atom. The molecule has 0 aromatic heterocycles. The highest BCUT2D eigenvalue weighted by Crippen LogP contribution is 2.41. The largest absolute Gasteiger partial charge is 0.482 e. The van der Waals surface area contributed by atoms with Gasteiger partial charge in [0.2, 0.25) is 0 Å². The van der Waals surface area contributed by atoms with Gasteiger partial charge in [0, 0.05) is 5.56 Å². The lowest BCUT2D eigenvalue weighted by Crippen LogP contribution is -2.27. The lowest BCUT2D eigenvalue weighted by molar-refractivity contribution is -0.139. The summed E-state index contributed by atoms with van der Waals surface area (Å²) >= 11 is 0. The van der Waals surface area contributed by atoms with Crippen molar-refractivity contribution in [3.63, 3.8) is 0 Å². The third-order valence-electron chi connectivity index (χ3n) is 5.28. The zero-order valence-electron chi connectivity index (χ0n) is 18.0. The highest BCUT2D eigenvalue weighted by atomic mass is 19.4. The van der Waals surface area contributed by atoms with E-state index in [1.54, 1.807) is 44.2 Å². The number of esters is 1. The van der Waals surface area contributed by atoms with Crippen LogP contribution in [0, 0.1) is 0 Å². The Kier molecular flexibility index (Phi) is 5.85. The smallest absolute Gasteiger partial charge is 0.419 e. The molecule has 0 aliphatic rings. The van der Waals surface area contributed by atoms with E-state index in [-0.39, 0.29) is 5.56 Å². The number of benzene rings is 4.